The molecule has 0 saturated heterocycles. The van der Waals surface area contributed by atoms with Crippen molar-refractivity contribution in [3.8, 4) is 0 Å². The highest BCUT2D eigenvalue weighted by atomic mass is 35.5. The summed E-state index contributed by atoms with van der Waals surface area (Å²) >= 11 is 5.96. The third-order valence-electron chi connectivity index (χ3n) is 5.19. The lowest BCUT2D eigenvalue weighted by Gasteiger charge is -2.22. The van der Waals surface area contributed by atoms with E-state index < -0.39 is 23.2 Å². The van der Waals surface area contributed by atoms with Gasteiger partial charge in [0.1, 0.15) is 5.82 Å². The minimum Gasteiger partial charge on any atom is -0.352 e. The number of nitrogens with one attached hydrogen (secondary N) is 2. The second kappa shape index (κ2) is 9.03. The standard InChI is InChI=1S/C21H23ClF3N3O/c1-13-7-8-15(22)9-18(13)28-19-10-17(21(23,24)25)16(12-26-19)20(29)27-11-14-5-3-2-4-6-14/h7-10,12,14H,2-6,11H2,1H3,(H,26,28)(H,27,29). The van der Waals surface area contributed by atoms with Crippen LogP contribution >= 0.6 is 11.6 Å². The van der Waals surface area contributed by atoms with Crippen LogP contribution in [0.25, 0.3) is 0 Å². The Labute approximate surface area is 172 Å². The number of aryl methyl sites for hydroxylation is 1. The molecule has 1 heterocycles. The number of anilines is 2. The number of benzene rings is 1. The van der Waals surface area contributed by atoms with Gasteiger partial charge < -0.3 is 10.6 Å². The zero-order valence-electron chi connectivity index (χ0n) is 16.1. The van der Waals surface area contributed by atoms with Crippen LogP contribution in [0, 0.1) is 12.8 Å². The Morgan fingerprint density at radius 3 is 2.62 bits per heavy atom. The molecule has 1 aliphatic rings. The molecule has 2 N–H and O–H groups in total. The highest BCUT2D eigenvalue weighted by Gasteiger charge is 2.36. The van der Waals surface area contributed by atoms with Crippen molar-refractivity contribution in [2.24, 2.45) is 5.92 Å². The van der Waals surface area contributed by atoms with Crippen LogP contribution in [-0.4, -0.2) is 17.4 Å². The first kappa shape index (κ1) is 21.4. The molecular formula is C21H23ClF3N3O. The average Bonchev–Trinajstić information content (AvgIpc) is 2.69. The Morgan fingerprint density at radius 1 is 1.21 bits per heavy atom. The first-order valence-electron chi connectivity index (χ1n) is 9.62. The first-order valence-corrected chi connectivity index (χ1v) is 10.0. The van der Waals surface area contributed by atoms with E-state index in [0.717, 1.165) is 43.5 Å². The fourth-order valence-corrected chi connectivity index (χ4v) is 3.70. The van der Waals surface area contributed by atoms with Crippen molar-refractivity contribution >= 4 is 29.0 Å². The van der Waals surface area contributed by atoms with Crippen molar-refractivity contribution in [3.05, 3.63) is 52.2 Å². The topological polar surface area (TPSA) is 54.0 Å². The zero-order valence-corrected chi connectivity index (χ0v) is 16.8. The number of amides is 1. The van der Waals surface area contributed by atoms with Gasteiger partial charge in [-0.3, -0.25) is 4.79 Å². The molecule has 0 aliphatic heterocycles. The summed E-state index contributed by atoms with van der Waals surface area (Å²) in [5, 5.41) is 5.95. The van der Waals surface area contributed by atoms with Crippen LogP contribution in [0.15, 0.2) is 30.5 Å². The molecule has 0 atom stereocenters. The molecule has 1 aromatic heterocycles. The first-order chi connectivity index (χ1) is 13.7. The molecule has 29 heavy (non-hydrogen) atoms. The smallest absolute Gasteiger partial charge is 0.352 e. The van der Waals surface area contributed by atoms with E-state index in [-0.39, 0.29) is 5.82 Å². The molecule has 8 heteroatoms. The average molecular weight is 426 g/mol. The number of carbonyl (C=O) groups is 1. The van der Waals surface area contributed by atoms with Gasteiger partial charge in [-0.25, -0.2) is 4.98 Å². The lowest BCUT2D eigenvalue weighted by molar-refractivity contribution is -0.137. The van der Waals surface area contributed by atoms with Gasteiger partial charge >= 0.3 is 6.18 Å². The number of aromatic nitrogens is 1. The Bertz CT molecular complexity index is 880. The Kier molecular flexibility index (Phi) is 6.67. The molecule has 1 aliphatic carbocycles. The van der Waals surface area contributed by atoms with E-state index in [1.165, 1.54) is 6.42 Å². The normalized spacial score (nSPS) is 15.2. The molecule has 1 saturated carbocycles. The number of nitrogens with zero attached hydrogens (tertiary/aromatic N) is 1. The molecule has 0 bridgehead atoms. The van der Waals surface area contributed by atoms with Crippen LogP contribution in [0.3, 0.4) is 0 Å². The van der Waals surface area contributed by atoms with Crippen LogP contribution in [0.1, 0.15) is 53.6 Å². The SMILES string of the molecule is Cc1ccc(Cl)cc1Nc1cc(C(F)(F)F)c(C(=O)NCC2CCCCC2)cn1. The van der Waals surface area contributed by atoms with Crippen LogP contribution in [0.2, 0.25) is 5.02 Å². The molecule has 1 fully saturated rings. The molecular weight excluding hydrogens is 403 g/mol. The van der Waals surface area contributed by atoms with E-state index >= 15 is 0 Å². The second-order valence-corrected chi connectivity index (χ2v) is 7.85. The maximum Gasteiger partial charge on any atom is 0.417 e. The summed E-state index contributed by atoms with van der Waals surface area (Å²) in [5.74, 6) is -0.436. The molecule has 156 valence electrons. The number of pyridine rings is 1. The number of rotatable bonds is 5. The van der Waals surface area contributed by atoms with Crippen molar-refractivity contribution in [2.45, 2.75) is 45.2 Å². The molecule has 0 spiro atoms. The molecule has 0 unspecified atom stereocenters. The van der Waals surface area contributed by atoms with Crippen LogP contribution in [-0.2, 0) is 6.18 Å². The third kappa shape index (κ3) is 5.63. The van der Waals surface area contributed by atoms with E-state index in [2.05, 4.69) is 15.6 Å². The van der Waals surface area contributed by atoms with E-state index in [0.29, 0.717) is 23.2 Å². The van der Waals surface area contributed by atoms with Gasteiger partial charge in [-0.05, 0) is 49.4 Å². The number of alkyl halides is 3. The van der Waals surface area contributed by atoms with Crippen LogP contribution in [0.4, 0.5) is 24.7 Å². The number of carbonyl (C=O) groups excluding carboxylic acids is 1. The molecule has 2 aromatic rings. The van der Waals surface area contributed by atoms with Gasteiger partial charge in [-0.2, -0.15) is 13.2 Å². The Balaban J connectivity index is 1.80. The van der Waals surface area contributed by atoms with Gasteiger partial charge in [0.05, 0.1) is 11.1 Å². The lowest BCUT2D eigenvalue weighted by Crippen LogP contribution is -2.32. The largest absolute Gasteiger partial charge is 0.417 e. The van der Waals surface area contributed by atoms with E-state index in [9.17, 15) is 18.0 Å². The van der Waals surface area contributed by atoms with E-state index in [1.807, 2.05) is 0 Å². The number of hydrogen-bond acceptors (Lipinski definition) is 3. The fraction of sp³-hybridized carbons (Fsp3) is 0.429. The van der Waals surface area contributed by atoms with Gasteiger partial charge in [0.2, 0.25) is 0 Å². The Hall–Kier alpha value is -2.28. The van der Waals surface area contributed by atoms with Crippen molar-refractivity contribution in [2.75, 3.05) is 11.9 Å². The highest BCUT2D eigenvalue weighted by Crippen LogP contribution is 2.34. The monoisotopic (exact) mass is 425 g/mol. The van der Waals surface area contributed by atoms with Crippen molar-refractivity contribution in [1.29, 1.82) is 0 Å². The molecule has 1 amide bonds. The van der Waals surface area contributed by atoms with Gasteiger partial charge in [0.25, 0.3) is 5.91 Å². The molecule has 4 nitrogen and oxygen atoms in total. The van der Waals surface area contributed by atoms with Gasteiger partial charge in [-0.1, -0.05) is 36.9 Å². The summed E-state index contributed by atoms with van der Waals surface area (Å²) in [6.07, 6.45) is 1.64. The molecule has 0 radical (unpaired) electrons. The van der Waals surface area contributed by atoms with Crippen LogP contribution in [0.5, 0.6) is 0 Å². The summed E-state index contributed by atoms with van der Waals surface area (Å²) in [4.78, 5) is 16.5. The van der Waals surface area contributed by atoms with Crippen LogP contribution < -0.4 is 10.6 Å². The minimum atomic E-state index is -4.68. The summed E-state index contributed by atoms with van der Waals surface area (Å²) in [7, 11) is 0. The number of hydrogen-bond donors (Lipinski definition) is 2. The highest BCUT2D eigenvalue weighted by molar-refractivity contribution is 6.30. The lowest BCUT2D eigenvalue weighted by atomic mass is 9.89. The van der Waals surface area contributed by atoms with Crippen molar-refractivity contribution in [3.63, 3.8) is 0 Å². The molecule has 3 rings (SSSR count). The second-order valence-electron chi connectivity index (χ2n) is 7.41. The summed E-state index contributed by atoms with van der Waals surface area (Å²) in [6.45, 7) is 2.19. The summed E-state index contributed by atoms with van der Waals surface area (Å²) in [5.41, 5.74) is -0.135. The van der Waals surface area contributed by atoms with E-state index in [1.54, 1.807) is 25.1 Å². The van der Waals surface area contributed by atoms with Gasteiger partial charge in [0.15, 0.2) is 0 Å². The Morgan fingerprint density at radius 2 is 1.93 bits per heavy atom. The van der Waals surface area contributed by atoms with Crippen molar-refractivity contribution < 1.29 is 18.0 Å². The summed E-state index contributed by atoms with van der Waals surface area (Å²) < 4.78 is 40.8. The predicted octanol–water partition coefficient (Wildman–Crippen LogP) is 6.12. The van der Waals surface area contributed by atoms with Gasteiger partial charge in [0, 0.05) is 23.5 Å². The fourth-order valence-electron chi connectivity index (χ4n) is 3.53. The third-order valence-corrected chi connectivity index (χ3v) is 5.43. The zero-order chi connectivity index (χ0) is 21.0. The predicted molar refractivity (Wildman–Crippen MR) is 108 cm³/mol. The van der Waals surface area contributed by atoms with E-state index in [4.69, 9.17) is 11.6 Å². The number of halogens is 4. The maximum atomic E-state index is 13.6. The van der Waals surface area contributed by atoms with Crippen molar-refractivity contribution in [1.82, 2.24) is 10.3 Å². The summed E-state index contributed by atoms with van der Waals surface area (Å²) in [6, 6.07) is 5.91. The molecule has 1 aromatic carbocycles. The maximum absolute atomic E-state index is 13.6. The minimum absolute atomic E-state index is 0.00785. The van der Waals surface area contributed by atoms with Gasteiger partial charge in [-0.15, -0.1) is 0 Å². The quantitative estimate of drug-likeness (QED) is 0.607.